The van der Waals surface area contributed by atoms with Crippen molar-refractivity contribution >= 4 is 20.0 Å². The minimum atomic E-state index is -2.07. The lowest BCUT2D eigenvalue weighted by molar-refractivity contribution is -0.123. The topological polar surface area (TPSA) is 69.4 Å². The molecule has 2 rings (SSSR count). The van der Waals surface area contributed by atoms with Crippen LogP contribution in [0.2, 0.25) is 18.1 Å². The summed E-state index contributed by atoms with van der Waals surface area (Å²) in [6, 6.07) is 0. The standard InChI is InChI=1S/C25H43NO3Si/c1-17-8-12-23-19(14-17)10-9-18(2)22(23)13-11-20(27)15-21(16-24(26)28)29-30(6,7)25(3,4)5/h9-10,14,17-18,21-23H,8,11-13,15-16H2,1-7H3,(H2,26,28). The molecule has 0 spiro atoms. The van der Waals surface area contributed by atoms with Gasteiger partial charge in [0.05, 0.1) is 12.5 Å². The highest BCUT2D eigenvalue weighted by atomic mass is 28.4. The molecule has 1 amide bonds. The van der Waals surface area contributed by atoms with E-state index in [1.807, 2.05) is 0 Å². The monoisotopic (exact) mass is 433 g/mol. The summed E-state index contributed by atoms with van der Waals surface area (Å²) in [5.74, 6) is 2.05. The SMILES string of the molecule is CC1C=C2C=CC(C)C(CCC(=O)CC(CC(N)=O)O[Si](C)(C)C(C)(C)C)C2CC1. The number of amides is 1. The van der Waals surface area contributed by atoms with Gasteiger partial charge in [0.25, 0.3) is 0 Å². The van der Waals surface area contributed by atoms with Gasteiger partial charge in [-0.05, 0) is 66.6 Å². The van der Waals surface area contributed by atoms with Gasteiger partial charge >= 0.3 is 0 Å². The summed E-state index contributed by atoms with van der Waals surface area (Å²) in [6.45, 7) is 15.4. The van der Waals surface area contributed by atoms with E-state index in [2.05, 4.69) is 65.9 Å². The number of Topliss-reactive ketones (excluding diaryl/α,β-unsaturated/α-hetero) is 1. The van der Waals surface area contributed by atoms with Crippen LogP contribution in [0.3, 0.4) is 0 Å². The van der Waals surface area contributed by atoms with Gasteiger partial charge < -0.3 is 10.2 Å². The third kappa shape index (κ3) is 6.65. The predicted octanol–water partition coefficient (Wildman–Crippen LogP) is 5.79. The Morgan fingerprint density at radius 3 is 2.47 bits per heavy atom. The van der Waals surface area contributed by atoms with E-state index in [-0.39, 0.29) is 23.7 Å². The number of primary amides is 1. The van der Waals surface area contributed by atoms with Gasteiger partial charge in [-0.3, -0.25) is 9.59 Å². The number of carbonyl (C=O) groups is 2. The molecule has 0 radical (unpaired) electrons. The van der Waals surface area contributed by atoms with Crippen molar-refractivity contribution in [2.24, 2.45) is 29.4 Å². The van der Waals surface area contributed by atoms with Crippen LogP contribution in [0.4, 0.5) is 0 Å². The number of hydrogen-bond donors (Lipinski definition) is 1. The zero-order chi connectivity index (χ0) is 22.7. The minimum absolute atomic E-state index is 0.0245. The van der Waals surface area contributed by atoms with Crippen LogP contribution in [0.1, 0.15) is 73.1 Å². The van der Waals surface area contributed by atoms with Gasteiger partial charge in [0, 0.05) is 12.8 Å². The van der Waals surface area contributed by atoms with Gasteiger partial charge in [0.15, 0.2) is 8.32 Å². The van der Waals surface area contributed by atoms with Crippen LogP contribution in [-0.2, 0) is 14.0 Å². The van der Waals surface area contributed by atoms with Crippen molar-refractivity contribution in [3.63, 3.8) is 0 Å². The summed E-state index contributed by atoms with van der Waals surface area (Å²) in [5, 5.41) is 0.0245. The van der Waals surface area contributed by atoms with Gasteiger partial charge in [-0.25, -0.2) is 0 Å². The van der Waals surface area contributed by atoms with Gasteiger partial charge in [-0.2, -0.15) is 0 Å². The predicted molar refractivity (Wildman–Crippen MR) is 127 cm³/mol. The number of hydrogen-bond acceptors (Lipinski definition) is 3. The summed E-state index contributed by atoms with van der Waals surface area (Å²) in [7, 11) is -2.07. The highest BCUT2D eigenvalue weighted by molar-refractivity contribution is 6.74. The Morgan fingerprint density at radius 1 is 1.20 bits per heavy atom. The fraction of sp³-hybridized carbons (Fsp3) is 0.760. The molecule has 5 unspecified atom stereocenters. The summed E-state index contributed by atoms with van der Waals surface area (Å²) < 4.78 is 6.39. The number of allylic oxidation sites excluding steroid dienone is 4. The Kier molecular flexibility index (Phi) is 8.31. The fourth-order valence-electron chi connectivity index (χ4n) is 4.68. The van der Waals surface area contributed by atoms with Crippen molar-refractivity contribution in [3.05, 3.63) is 23.8 Å². The highest BCUT2D eigenvalue weighted by Crippen LogP contribution is 2.43. The molecular formula is C25H43NO3Si. The van der Waals surface area contributed by atoms with Gasteiger partial charge in [0.2, 0.25) is 5.91 Å². The molecule has 0 saturated heterocycles. The molecule has 5 heteroatoms. The lowest BCUT2D eigenvalue weighted by Crippen LogP contribution is -2.45. The zero-order valence-corrected chi connectivity index (χ0v) is 21.2. The van der Waals surface area contributed by atoms with Crippen LogP contribution in [0, 0.1) is 23.7 Å². The van der Waals surface area contributed by atoms with Crippen LogP contribution < -0.4 is 5.73 Å². The molecule has 0 aliphatic heterocycles. The number of nitrogens with two attached hydrogens (primary N) is 1. The maximum absolute atomic E-state index is 12.9. The van der Waals surface area contributed by atoms with Gasteiger partial charge in [0.1, 0.15) is 5.78 Å². The summed E-state index contributed by atoms with van der Waals surface area (Å²) in [6.07, 6.45) is 11.0. The first-order valence-electron chi connectivity index (χ1n) is 11.7. The molecule has 4 nitrogen and oxygen atoms in total. The number of ketones is 1. The van der Waals surface area contributed by atoms with Crippen LogP contribution in [-0.4, -0.2) is 26.1 Å². The number of rotatable bonds is 9. The van der Waals surface area contributed by atoms with Crippen molar-refractivity contribution in [3.8, 4) is 0 Å². The Bertz CT molecular complexity index is 689. The Balaban J connectivity index is 1.99. The molecule has 2 aliphatic carbocycles. The lowest BCUT2D eigenvalue weighted by atomic mass is 9.67. The second-order valence-electron chi connectivity index (χ2n) is 11.2. The van der Waals surface area contributed by atoms with E-state index in [1.165, 1.54) is 18.4 Å². The second-order valence-corrected chi connectivity index (χ2v) is 15.9. The van der Waals surface area contributed by atoms with E-state index < -0.39 is 20.3 Å². The van der Waals surface area contributed by atoms with Crippen molar-refractivity contribution < 1.29 is 14.0 Å². The Hall–Kier alpha value is -1.20. The first kappa shape index (κ1) is 25.1. The van der Waals surface area contributed by atoms with Crippen LogP contribution in [0.25, 0.3) is 0 Å². The van der Waals surface area contributed by atoms with Gasteiger partial charge in [-0.1, -0.05) is 52.8 Å². The normalized spacial score (nSPS) is 27.9. The van der Waals surface area contributed by atoms with Crippen molar-refractivity contribution in [2.75, 3.05) is 0 Å². The second kappa shape index (κ2) is 9.95. The molecular weight excluding hydrogens is 390 g/mol. The van der Waals surface area contributed by atoms with E-state index in [4.69, 9.17) is 10.2 Å². The van der Waals surface area contributed by atoms with E-state index in [0.29, 0.717) is 30.1 Å². The Labute approximate surface area is 184 Å². The molecule has 0 aromatic rings. The summed E-state index contributed by atoms with van der Waals surface area (Å²) in [4.78, 5) is 24.5. The van der Waals surface area contributed by atoms with Crippen molar-refractivity contribution in [1.82, 2.24) is 0 Å². The van der Waals surface area contributed by atoms with E-state index >= 15 is 0 Å². The summed E-state index contributed by atoms with van der Waals surface area (Å²) in [5.41, 5.74) is 6.93. The molecule has 0 saturated carbocycles. The first-order chi connectivity index (χ1) is 13.8. The summed E-state index contributed by atoms with van der Waals surface area (Å²) >= 11 is 0. The maximum atomic E-state index is 12.9. The van der Waals surface area contributed by atoms with Crippen molar-refractivity contribution in [2.45, 2.75) is 97.4 Å². The molecule has 0 bridgehead atoms. The van der Waals surface area contributed by atoms with Crippen LogP contribution in [0.15, 0.2) is 23.8 Å². The van der Waals surface area contributed by atoms with Crippen LogP contribution >= 0.6 is 0 Å². The third-order valence-electron chi connectivity index (χ3n) is 7.53. The van der Waals surface area contributed by atoms with E-state index in [9.17, 15) is 9.59 Å². The van der Waals surface area contributed by atoms with E-state index in [1.54, 1.807) is 0 Å². The number of carbonyl (C=O) groups excluding carboxylic acids is 2. The molecule has 170 valence electrons. The lowest BCUT2D eigenvalue weighted by Gasteiger charge is -2.39. The Morgan fingerprint density at radius 2 is 1.87 bits per heavy atom. The number of fused-ring (bicyclic) bond motifs is 1. The fourth-order valence-corrected chi connectivity index (χ4v) is 6.03. The molecule has 0 aromatic heterocycles. The van der Waals surface area contributed by atoms with Crippen molar-refractivity contribution in [1.29, 1.82) is 0 Å². The first-order valence-corrected chi connectivity index (χ1v) is 14.6. The molecule has 2 N–H and O–H groups in total. The maximum Gasteiger partial charge on any atom is 0.219 e. The molecule has 30 heavy (non-hydrogen) atoms. The molecule has 0 aromatic carbocycles. The molecule has 5 atom stereocenters. The average molecular weight is 434 g/mol. The minimum Gasteiger partial charge on any atom is -0.413 e. The smallest absolute Gasteiger partial charge is 0.219 e. The zero-order valence-electron chi connectivity index (χ0n) is 20.2. The molecule has 2 aliphatic rings. The highest BCUT2D eigenvalue weighted by Gasteiger charge is 2.40. The average Bonchev–Trinajstić information content (AvgIpc) is 2.59. The molecule has 0 heterocycles. The molecule has 0 fully saturated rings. The van der Waals surface area contributed by atoms with Crippen LogP contribution in [0.5, 0.6) is 0 Å². The largest absolute Gasteiger partial charge is 0.413 e. The van der Waals surface area contributed by atoms with Gasteiger partial charge in [-0.15, -0.1) is 0 Å². The quantitative estimate of drug-likeness (QED) is 0.468. The third-order valence-corrected chi connectivity index (χ3v) is 12.1. The van der Waals surface area contributed by atoms with E-state index in [0.717, 1.165) is 6.42 Å².